The number of nitrogens with two attached hydrogens (primary N) is 1. The first-order valence-corrected chi connectivity index (χ1v) is 6.93. The summed E-state index contributed by atoms with van der Waals surface area (Å²) in [5.74, 6) is -1.62. The van der Waals surface area contributed by atoms with Gasteiger partial charge < -0.3 is 10.6 Å². The minimum Gasteiger partial charge on any atom is -0.370 e. The molecule has 6 heteroatoms. The van der Waals surface area contributed by atoms with Crippen LogP contribution in [0.5, 0.6) is 0 Å². The van der Waals surface area contributed by atoms with Crippen LogP contribution in [0.1, 0.15) is 31.2 Å². The van der Waals surface area contributed by atoms with Crippen LogP contribution in [0.2, 0.25) is 0 Å². The summed E-state index contributed by atoms with van der Waals surface area (Å²) >= 11 is 0. The third kappa shape index (κ3) is 3.69. The first-order valence-electron chi connectivity index (χ1n) is 6.93. The molecule has 0 spiro atoms. The normalized spacial score (nSPS) is 18.9. The first kappa shape index (κ1) is 15.2. The number of rotatable bonds is 3. The molecule has 21 heavy (non-hydrogen) atoms. The lowest BCUT2D eigenvalue weighted by Crippen LogP contribution is -2.26. The first-order chi connectivity index (χ1) is 10.0. The zero-order chi connectivity index (χ0) is 15.4. The highest BCUT2D eigenvalue weighted by atomic mass is 19.1. The van der Waals surface area contributed by atoms with Crippen molar-refractivity contribution in [2.24, 2.45) is 11.7 Å². The number of nitriles is 1. The predicted molar refractivity (Wildman–Crippen MR) is 74.4 cm³/mol. The van der Waals surface area contributed by atoms with Crippen molar-refractivity contribution < 1.29 is 13.6 Å². The molecule has 1 aromatic rings. The van der Waals surface area contributed by atoms with Crippen LogP contribution in [0.25, 0.3) is 0 Å². The van der Waals surface area contributed by atoms with E-state index in [1.807, 2.05) is 0 Å². The Labute approximate surface area is 122 Å². The number of hydrogen-bond donors (Lipinski definition) is 1. The van der Waals surface area contributed by atoms with Crippen molar-refractivity contribution in [1.29, 1.82) is 5.26 Å². The smallest absolute Gasteiger partial charge is 0.217 e. The standard InChI is InChI=1S/C15H17F2N3O/c16-12-6-11(9-18)7-13(17)15(12)20-4-1-2-10(3-5-20)8-14(19)21/h6-7,10H,1-5,8H2,(H2,19,21). The van der Waals surface area contributed by atoms with Crippen molar-refractivity contribution in [1.82, 2.24) is 0 Å². The Morgan fingerprint density at radius 1 is 1.33 bits per heavy atom. The van der Waals surface area contributed by atoms with Crippen molar-refractivity contribution in [3.63, 3.8) is 0 Å². The topological polar surface area (TPSA) is 70.1 Å². The van der Waals surface area contributed by atoms with Crippen molar-refractivity contribution in [2.75, 3.05) is 18.0 Å². The predicted octanol–water partition coefficient (Wildman–Crippen LogP) is 2.32. The molecule has 2 rings (SSSR count). The highest BCUT2D eigenvalue weighted by molar-refractivity contribution is 5.74. The number of benzene rings is 1. The van der Waals surface area contributed by atoms with Gasteiger partial charge in [0.05, 0.1) is 11.6 Å². The molecule has 0 bridgehead atoms. The third-order valence-corrected chi connectivity index (χ3v) is 3.80. The van der Waals surface area contributed by atoms with E-state index in [0.717, 1.165) is 25.0 Å². The molecule has 1 fully saturated rings. The monoisotopic (exact) mass is 293 g/mol. The molecule has 112 valence electrons. The number of halogens is 2. The van der Waals surface area contributed by atoms with Crippen LogP contribution in [0.3, 0.4) is 0 Å². The number of primary amides is 1. The van der Waals surface area contributed by atoms with Gasteiger partial charge in [0.25, 0.3) is 0 Å². The number of carbonyl (C=O) groups excluding carboxylic acids is 1. The summed E-state index contributed by atoms with van der Waals surface area (Å²) in [6.07, 6.45) is 2.55. The Bertz CT molecular complexity index is 560. The number of nitrogens with zero attached hydrogens (tertiary/aromatic N) is 2. The fourth-order valence-electron chi connectivity index (χ4n) is 2.81. The fraction of sp³-hybridized carbons (Fsp3) is 0.467. The molecule has 1 heterocycles. The van der Waals surface area contributed by atoms with Gasteiger partial charge in [0.1, 0.15) is 5.69 Å². The molecule has 1 amide bonds. The van der Waals surface area contributed by atoms with Crippen LogP contribution >= 0.6 is 0 Å². The van der Waals surface area contributed by atoms with E-state index in [1.165, 1.54) is 0 Å². The largest absolute Gasteiger partial charge is 0.370 e. The summed E-state index contributed by atoms with van der Waals surface area (Å²) in [7, 11) is 0. The zero-order valence-corrected chi connectivity index (χ0v) is 11.6. The van der Waals surface area contributed by atoms with Gasteiger partial charge in [-0.25, -0.2) is 8.78 Å². The Morgan fingerprint density at radius 2 is 2.00 bits per heavy atom. The van der Waals surface area contributed by atoms with E-state index in [4.69, 9.17) is 11.0 Å². The molecule has 1 saturated heterocycles. The summed E-state index contributed by atoms with van der Waals surface area (Å²) in [5, 5.41) is 8.71. The second-order valence-electron chi connectivity index (χ2n) is 5.35. The van der Waals surface area contributed by atoms with Crippen LogP contribution < -0.4 is 10.6 Å². The van der Waals surface area contributed by atoms with E-state index in [0.29, 0.717) is 25.9 Å². The zero-order valence-electron chi connectivity index (χ0n) is 11.6. The molecule has 1 unspecified atom stereocenters. The number of anilines is 1. The Morgan fingerprint density at radius 3 is 2.57 bits per heavy atom. The molecule has 0 saturated carbocycles. The molecule has 2 N–H and O–H groups in total. The van der Waals surface area contributed by atoms with Gasteiger partial charge in [-0.3, -0.25) is 4.79 Å². The molecule has 1 aliphatic heterocycles. The lowest BCUT2D eigenvalue weighted by atomic mass is 9.97. The average Bonchev–Trinajstić information content (AvgIpc) is 2.63. The van der Waals surface area contributed by atoms with Gasteiger partial charge in [0, 0.05) is 19.5 Å². The van der Waals surface area contributed by atoms with Gasteiger partial charge in [-0.15, -0.1) is 0 Å². The van der Waals surface area contributed by atoms with Crippen LogP contribution in [0, 0.1) is 28.9 Å². The lowest BCUT2D eigenvalue weighted by Gasteiger charge is -2.24. The van der Waals surface area contributed by atoms with Gasteiger partial charge in [0.15, 0.2) is 11.6 Å². The average molecular weight is 293 g/mol. The molecule has 1 aromatic carbocycles. The van der Waals surface area contributed by atoms with Gasteiger partial charge in [0.2, 0.25) is 5.91 Å². The maximum Gasteiger partial charge on any atom is 0.217 e. The van der Waals surface area contributed by atoms with E-state index >= 15 is 0 Å². The van der Waals surface area contributed by atoms with Gasteiger partial charge in [-0.1, -0.05) is 0 Å². The Hall–Kier alpha value is -2.16. The SMILES string of the molecule is N#Cc1cc(F)c(N2CCCC(CC(N)=O)CC2)c(F)c1. The van der Waals surface area contributed by atoms with E-state index in [2.05, 4.69) is 0 Å². The highest BCUT2D eigenvalue weighted by Gasteiger charge is 2.23. The lowest BCUT2D eigenvalue weighted by molar-refractivity contribution is -0.119. The van der Waals surface area contributed by atoms with Crippen LogP contribution in [0.4, 0.5) is 14.5 Å². The van der Waals surface area contributed by atoms with E-state index in [1.54, 1.807) is 11.0 Å². The molecular weight excluding hydrogens is 276 g/mol. The van der Waals surface area contributed by atoms with E-state index < -0.39 is 11.6 Å². The number of hydrogen-bond acceptors (Lipinski definition) is 3. The molecule has 1 atom stereocenters. The molecule has 0 aliphatic carbocycles. The Balaban J connectivity index is 2.16. The third-order valence-electron chi connectivity index (χ3n) is 3.80. The second-order valence-corrected chi connectivity index (χ2v) is 5.35. The summed E-state index contributed by atoms with van der Waals surface area (Å²) < 4.78 is 28.0. The number of amides is 1. The maximum absolute atomic E-state index is 14.0. The summed E-state index contributed by atoms with van der Waals surface area (Å²) in [6, 6.07) is 3.82. The fourth-order valence-corrected chi connectivity index (χ4v) is 2.81. The molecule has 0 aromatic heterocycles. The van der Waals surface area contributed by atoms with Crippen LogP contribution in [-0.2, 0) is 4.79 Å². The highest BCUT2D eigenvalue weighted by Crippen LogP contribution is 2.29. The summed E-state index contributed by atoms with van der Waals surface area (Å²) in [6.45, 7) is 0.993. The molecule has 4 nitrogen and oxygen atoms in total. The van der Waals surface area contributed by atoms with Crippen molar-refractivity contribution in [3.8, 4) is 6.07 Å². The van der Waals surface area contributed by atoms with Gasteiger partial charge in [-0.05, 0) is 37.3 Å². The van der Waals surface area contributed by atoms with E-state index in [-0.39, 0.29) is 23.1 Å². The quantitative estimate of drug-likeness (QED) is 0.929. The van der Waals surface area contributed by atoms with E-state index in [9.17, 15) is 13.6 Å². The van der Waals surface area contributed by atoms with Crippen LogP contribution in [0.15, 0.2) is 12.1 Å². The van der Waals surface area contributed by atoms with Gasteiger partial charge >= 0.3 is 0 Å². The maximum atomic E-state index is 14.0. The molecular formula is C15H17F2N3O. The van der Waals surface area contributed by atoms with Crippen molar-refractivity contribution in [3.05, 3.63) is 29.3 Å². The summed E-state index contributed by atoms with van der Waals surface area (Å²) in [4.78, 5) is 12.6. The minimum absolute atomic E-state index is 0.0322. The minimum atomic E-state index is -0.722. The Kier molecular flexibility index (Phi) is 4.73. The van der Waals surface area contributed by atoms with Gasteiger partial charge in [-0.2, -0.15) is 5.26 Å². The van der Waals surface area contributed by atoms with Crippen LogP contribution in [-0.4, -0.2) is 19.0 Å². The molecule has 0 radical (unpaired) electrons. The van der Waals surface area contributed by atoms with Crippen molar-refractivity contribution in [2.45, 2.75) is 25.7 Å². The number of carbonyl (C=O) groups is 1. The second kappa shape index (κ2) is 6.53. The van der Waals surface area contributed by atoms with Crippen molar-refractivity contribution >= 4 is 11.6 Å². The molecule has 1 aliphatic rings. The summed E-state index contributed by atoms with van der Waals surface area (Å²) in [5.41, 5.74) is 5.08.